The van der Waals surface area contributed by atoms with E-state index in [9.17, 15) is 21.6 Å². The van der Waals surface area contributed by atoms with Crippen LogP contribution in [0.3, 0.4) is 0 Å². The highest BCUT2D eigenvalue weighted by molar-refractivity contribution is 7.89. The van der Waals surface area contributed by atoms with Crippen molar-refractivity contribution >= 4 is 21.7 Å². The standard InChI is InChI=1S/C19H21F3N6O2S/c1-11(2)27-31(29,30)14-5-6-16(12(3)7-14)25-18-23-9-15(19(20,21)22)17(26-18)13-8-24-28(4)10-13/h5-11,27H,1-4H3,(H,23,25,26). The van der Waals surface area contributed by atoms with Gasteiger partial charge in [0.05, 0.1) is 16.8 Å². The summed E-state index contributed by atoms with van der Waals surface area (Å²) in [5.41, 5.74) is -0.0864. The lowest BCUT2D eigenvalue weighted by atomic mass is 10.1. The summed E-state index contributed by atoms with van der Waals surface area (Å²) in [7, 11) is -2.09. The van der Waals surface area contributed by atoms with E-state index in [4.69, 9.17) is 0 Å². The summed E-state index contributed by atoms with van der Waals surface area (Å²) in [6.07, 6.45) is -1.22. The van der Waals surface area contributed by atoms with Crippen LogP contribution < -0.4 is 10.0 Å². The van der Waals surface area contributed by atoms with Crippen molar-refractivity contribution in [1.82, 2.24) is 24.5 Å². The summed E-state index contributed by atoms with van der Waals surface area (Å²) in [4.78, 5) is 7.91. The first-order valence-electron chi connectivity index (χ1n) is 9.20. The molecule has 0 saturated heterocycles. The maximum atomic E-state index is 13.4. The van der Waals surface area contributed by atoms with Crippen LogP contribution in [0.15, 0.2) is 41.7 Å². The third-order valence-corrected chi connectivity index (χ3v) is 5.87. The van der Waals surface area contributed by atoms with Gasteiger partial charge in [-0.1, -0.05) is 0 Å². The van der Waals surface area contributed by atoms with E-state index in [2.05, 4.69) is 25.1 Å². The fourth-order valence-corrected chi connectivity index (χ4v) is 4.19. The van der Waals surface area contributed by atoms with Gasteiger partial charge in [0.15, 0.2) is 0 Å². The molecule has 0 unspecified atom stereocenters. The van der Waals surface area contributed by atoms with Gasteiger partial charge in [0, 0.05) is 36.7 Å². The smallest absolute Gasteiger partial charge is 0.324 e. The van der Waals surface area contributed by atoms with E-state index in [0.29, 0.717) is 17.4 Å². The molecule has 0 amide bonds. The molecule has 0 atom stereocenters. The third kappa shape index (κ3) is 5.20. The summed E-state index contributed by atoms with van der Waals surface area (Å²) < 4.78 is 68.8. The zero-order valence-electron chi connectivity index (χ0n) is 17.2. The van der Waals surface area contributed by atoms with Crippen LogP contribution in [0.1, 0.15) is 25.0 Å². The molecule has 0 saturated carbocycles. The average molecular weight is 454 g/mol. The molecule has 2 aromatic heterocycles. The van der Waals surface area contributed by atoms with E-state index in [1.54, 1.807) is 27.8 Å². The molecular formula is C19H21F3N6O2S. The maximum Gasteiger partial charge on any atom is 0.419 e. The van der Waals surface area contributed by atoms with Crippen LogP contribution in [0.2, 0.25) is 0 Å². The number of benzene rings is 1. The predicted molar refractivity (Wildman–Crippen MR) is 109 cm³/mol. The van der Waals surface area contributed by atoms with Gasteiger partial charge in [-0.25, -0.2) is 23.1 Å². The SMILES string of the molecule is Cc1cc(S(=O)(=O)NC(C)C)ccc1Nc1ncc(C(F)(F)F)c(-c2cnn(C)c2)n1. The van der Waals surface area contributed by atoms with Crippen LogP contribution >= 0.6 is 0 Å². The van der Waals surface area contributed by atoms with Gasteiger partial charge in [-0.2, -0.15) is 18.3 Å². The lowest BCUT2D eigenvalue weighted by Gasteiger charge is -2.14. The minimum atomic E-state index is -4.64. The molecule has 0 aliphatic rings. The second-order valence-corrected chi connectivity index (χ2v) is 8.95. The maximum absolute atomic E-state index is 13.4. The Balaban J connectivity index is 1.96. The van der Waals surface area contributed by atoms with E-state index in [0.717, 1.165) is 0 Å². The van der Waals surface area contributed by atoms with Crippen LogP contribution in [0.4, 0.5) is 24.8 Å². The number of rotatable bonds is 6. The molecule has 166 valence electrons. The predicted octanol–water partition coefficient (Wildman–Crippen LogP) is 3.63. The lowest BCUT2D eigenvalue weighted by Crippen LogP contribution is -2.30. The second-order valence-electron chi connectivity index (χ2n) is 7.23. The van der Waals surface area contributed by atoms with Crippen LogP contribution in [0.5, 0.6) is 0 Å². The number of sulfonamides is 1. The first-order valence-corrected chi connectivity index (χ1v) is 10.7. The Morgan fingerprint density at radius 2 is 1.87 bits per heavy atom. The van der Waals surface area contributed by atoms with Crippen molar-refractivity contribution in [3.05, 3.63) is 47.9 Å². The first kappa shape index (κ1) is 22.7. The first-order chi connectivity index (χ1) is 14.4. The highest BCUT2D eigenvalue weighted by atomic mass is 32.2. The average Bonchev–Trinajstić information content (AvgIpc) is 3.07. The fraction of sp³-hybridized carbons (Fsp3) is 0.316. The molecule has 0 fully saturated rings. The number of nitrogens with zero attached hydrogens (tertiary/aromatic N) is 4. The molecule has 2 N–H and O–H groups in total. The van der Waals surface area contributed by atoms with Gasteiger partial charge < -0.3 is 5.32 Å². The number of nitrogens with one attached hydrogen (secondary N) is 2. The van der Waals surface area contributed by atoms with Crippen LogP contribution in [-0.4, -0.2) is 34.2 Å². The Hall–Kier alpha value is -2.99. The molecule has 3 aromatic rings. The normalized spacial score (nSPS) is 12.4. The van der Waals surface area contributed by atoms with Gasteiger partial charge in [-0.05, 0) is 44.5 Å². The number of halogens is 3. The molecule has 1 aromatic carbocycles. The number of alkyl halides is 3. The second kappa shape index (κ2) is 8.27. The highest BCUT2D eigenvalue weighted by Crippen LogP contribution is 2.36. The van der Waals surface area contributed by atoms with Gasteiger partial charge in [-0.3, -0.25) is 4.68 Å². The van der Waals surface area contributed by atoms with Crippen molar-refractivity contribution in [2.45, 2.75) is 37.9 Å². The lowest BCUT2D eigenvalue weighted by molar-refractivity contribution is -0.137. The van der Waals surface area contributed by atoms with Crippen LogP contribution in [0, 0.1) is 6.92 Å². The molecule has 31 heavy (non-hydrogen) atoms. The van der Waals surface area contributed by atoms with E-state index in [-0.39, 0.29) is 28.1 Å². The minimum absolute atomic E-state index is 0.0640. The monoisotopic (exact) mass is 454 g/mol. The fourth-order valence-electron chi connectivity index (χ4n) is 2.86. The number of hydrogen-bond acceptors (Lipinski definition) is 6. The van der Waals surface area contributed by atoms with Crippen LogP contribution in [0.25, 0.3) is 11.3 Å². The molecule has 0 radical (unpaired) electrons. The summed E-state index contributed by atoms with van der Waals surface area (Å²) >= 11 is 0. The van der Waals surface area contributed by atoms with Crippen molar-refractivity contribution in [2.24, 2.45) is 7.05 Å². The molecule has 8 nitrogen and oxygen atoms in total. The topological polar surface area (TPSA) is 102 Å². The molecule has 0 aliphatic carbocycles. The number of aryl methyl sites for hydroxylation is 2. The van der Waals surface area contributed by atoms with E-state index in [1.807, 2.05) is 0 Å². The summed E-state index contributed by atoms with van der Waals surface area (Å²) in [5, 5.41) is 6.76. The van der Waals surface area contributed by atoms with Gasteiger partial charge in [0.1, 0.15) is 5.56 Å². The highest BCUT2D eigenvalue weighted by Gasteiger charge is 2.35. The number of hydrogen-bond donors (Lipinski definition) is 2. The Morgan fingerprint density at radius 1 is 1.16 bits per heavy atom. The molecule has 12 heteroatoms. The summed E-state index contributed by atoms with van der Waals surface area (Å²) in [5.74, 6) is -0.0640. The van der Waals surface area contributed by atoms with E-state index < -0.39 is 21.8 Å². The van der Waals surface area contributed by atoms with E-state index in [1.165, 1.54) is 35.3 Å². The van der Waals surface area contributed by atoms with Gasteiger partial charge in [-0.15, -0.1) is 0 Å². The van der Waals surface area contributed by atoms with Gasteiger partial charge >= 0.3 is 6.18 Å². The third-order valence-electron chi connectivity index (χ3n) is 4.22. The quantitative estimate of drug-likeness (QED) is 0.590. The van der Waals surface area contributed by atoms with Gasteiger partial charge in [0.2, 0.25) is 16.0 Å². The Morgan fingerprint density at radius 3 is 2.42 bits per heavy atom. The van der Waals surface area contributed by atoms with E-state index >= 15 is 0 Å². The summed E-state index contributed by atoms with van der Waals surface area (Å²) in [6.45, 7) is 5.09. The minimum Gasteiger partial charge on any atom is -0.324 e. The van der Waals surface area contributed by atoms with Crippen molar-refractivity contribution in [1.29, 1.82) is 0 Å². The molecule has 0 aliphatic heterocycles. The van der Waals surface area contributed by atoms with Gasteiger partial charge in [0.25, 0.3) is 0 Å². The molecular weight excluding hydrogens is 433 g/mol. The van der Waals surface area contributed by atoms with Crippen molar-refractivity contribution in [3.63, 3.8) is 0 Å². The van der Waals surface area contributed by atoms with Crippen molar-refractivity contribution in [3.8, 4) is 11.3 Å². The Kier molecular flexibility index (Phi) is 6.05. The van der Waals surface area contributed by atoms with Crippen molar-refractivity contribution < 1.29 is 21.6 Å². The Labute approximate surface area is 177 Å². The zero-order valence-corrected chi connectivity index (χ0v) is 18.0. The molecule has 3 rings (SSSR count). The molecule has 2 heterocycles. The summed E-state index contributed by atoms with van der Waals surface area (Å²) in [6, 6.07) is 4.09. The number of aromatic nitrogens is 4. The van der Waals surface area contributed by atoms with Crippen LogP contribution in [-0.2, 0) is 23.2 Å². The Bertz CT molecular complexity index is 1210. The number of anilines is 2. The molecule has 0 spiro atoms. The zero-order chi connectivity index (χ0) is 23.0. The molecule has 0 bridgehead atoms. The van der Waals surface area contributed by atoms with Crippen molar-refractivity contribution in [2.75, 3.05) is 5.32 Å². The largest absolute Gasteiger partial charge is 0.419 e.